The Hall–Kier alpha value is -1.87. The molecule has 0 aliphatic carbocycles. The van der Waals surface area contributed by atoms with Crippen molar-refractivity contribution in [3.63, 3.8) is 0 Å². The van der Waals surface area contributed by atoms with Crippen molar-refractivity contribution in [3.05, 3.63) is 47.5 Å². The van der Waals surface area contributed by atoms with Crippen molar-refractivity contribution in [3.8, 4) is 0 Å². The number of rotatable bonds is 4. The maximum Gasteiger partial charge on any atom is 0.303 e. The van der Waals surface area contributed by atoms with Gasteiger partial charge in [-0.15, -0.1) is 0 Å². The highest BCUT2D eigenvalue weighted by atomic mass is 16.4. The lowest BCUT2D eigenvalue weighted by Gasteiger charge is -2.16. The highest BCUT2D eigenvalue weighted by Crippen LogP contribution is 2.30. The van der Waals surface area contributed by atoms with Gasteiger partial charge in [-0.25, -0.2) is 0 Å². The van der Waals surface area contributed by atoms with Crippen molar-refractivity contribution in [2.45, 2.75) is 25.9 Å². The quantitative estimate of drug-likeness (QED) is 0.869. The lowest BCUT2D eigenvalue weighted by atomic mass is 9.93. The summed E-state index contributed by atoms with van der Waals surface area (Å²) in [4.78, 5) is 10.6. The maximum absolute atomic E-state index is 10.6. The zero-order valence-electron chi connectivity index (χ0n) is 10.3. The number of benzene rings is 2. The molecular weight excluding hydrogens is 228 g/mol. The molecule has 2 N–H and O–H groups in total. The van der Waals surface area contributed by atoms with Gasteiger partial charge in [0, 0.05) is 6.42 Å². The lowest BCUT2D eigenvalue weighted by molar-refractivity contribution is -0.137. The normalized spacial score (nSPS) is 12.6. The van der Waals surface area contributed by atoms with Crippen LogP contribution in [0.5, 0.6) is 0 Å². The number of aliphatic carboxylic acids is 1. The number of hydrogen-bond donors (Lipinski definition) is 2. The molecule has 94 valence electrons. The van der Waals surface area contributed by atoms with E-state index in [0.29, 0.717) is 0 Å². The average Bonchev–Trinajstić information content (AvgIpc) is 2.36. The van der Waals surface area contributed by atoms with E-state index in [1.54, 1.807) is 0 Å². The van der Waals surface area contributed by atoms with Gasteiger partial charge in [0.15, 0.2) is 0 Å². The van der Waals surface area contributed by atoms with Crippen LogP contribution in [0, 0.1) is 6.92 Å². The summed E-state index contributed by atoms with van der Waals surface area (Å²) in [5.41, 5.74) is 1.83. The van der Waals surface area contributed by atoms with Crippen LogP contribution in [0.3, 0.4) is 0 Å². The van der Waals surface area contributed by atoms with Gasteiger partial charge >= 0.3 is 5.97 Å². The summed E-state index contributed by atoms with van der Waals surface area (Å²) in [5.74, 6) is -0.882. The zero-order valence-corrected chi connectivity index (χ0v) is 10.3. The molecule has 0 saturated heterocycles. The van der Waals surface area contributed by atoms with Crippen LogP contribution in [0.1, 0.15) is 30.1 Å². The molecule has 0 amide bonds. The fourth-order valence-corrected chi connectivity index (χ4v) is 2.25. The summed E-state index contributed by atoms with van der Waals surface area (Å²) in [5, 5.41) is 20.9. The number of carboxylic acid groups (broad SMARTS) is 1. The van der Waals surface area contributed by atoms with Crippen LogP contribution in [-0.2, 0) is 4.79 Å². The van der Waals surface area contributed by atoms with Crippen LogP contribution in [-0.4, -0.2) is 16.2 Å². The van der Waals surface area contributed by atoms with Crippen molar-refractivity contribution in [2.75, 3.05) is 0 Å². The van der Waals surface area contributed by atoms with E-state index < -0.39 is 12.1 Å². The molecule has 0 aromatic heterocycles. The zero-order chi connectivity index (χ0) is 13.1. The van der Waals surface area contributed by atoms with Crippen molar-refractivity contribution in [2.24, 2.45) is 0 Å². The van der Waals surface area contributed by atoms with E-state index in [9.17, 15) is 9.90 Å². The van der Waals surface area contributed by atoms with Gasteiger partial charge in [-0.1, -0.05) is 36.4 Å². The minimum Gasteiger partial charge on any atom is -0.481 e. The largest absolute Gasteiger partial charge is 0.481 e. The Balaban J connectivity index is 2.42. The molecule has 3 nitrogen and oxygen atoms in total. The van der Waals surface area contributed by atoms with Crippen molar-refractivity contribution >= 4 is 16.7 Å². The molecule has 0 saturated carbocycles. The second kappa shape index (κ2) is 5.19. The molecule has 2 rings (SSSR count). The molecule has 0 aliphatic heterocycles. The van der Waals surface area contributed by atoms with E-state index in [2.05, 4.69) is 0 Å². The minimum absolute atomic E-state index is 0.0240. The molecule has 0 aliphatic rings. The highest BCUT2D eigenvalue weighted by Gasteiger charge is 2.15. The molecule has 2 aromatic carbocycles. The molecule has 0 unspecified atom stereocenters. The van der Waals surface area contributed by atoms with E-state index in [-0.39, 0.29) is 12.8 Å². The molecule has 0 bridgehead atoms. The Labute approximate surface area is 106 Å². The molecule has 0 fully saturated rings. The standard InChI is InChI=1S/C15H16O3/c1-10-6-7-11-4-2-3-5-12(11)15(10)13(16)8-9-14(17)18/h2-7,13,16H,8-9H2,1H3,(H,17,18)/t13-/m1/s1. The molecular formula is C15H16O3. The monoisotopic (exact) mass is 244 g/mol. The summed E-state index contributed by atoms with van der Waals surface area (Å²) in [6.45, 7) is 1.94. The van der Waals surface area contributed by atoms with Crippen LogP contribution in [0.4, 0.5) is 0 Å². The first-order chi connectivity index (χ1) is 8.59. The summed E-state index contributed by atoms with van der Waals surface area (Å²) >= 11 is 0. The number of hydrogen-bond acceptors (Lipinski definition) is 2. The van der Waals surface area contributed by atoms with Gasteiger partial charge in [-0.2, -0.15) is 0 Å². The smallest absolute Gasteiger partial charge is 0.303 e. The van der Waals surface area contributed by atoms with Crippen LogP contribution in [0.25, 0.3) is 10.8 Å². The van der Waals surface area contributed by atoms with Gasteiger partial charge in [0.25, 0.3) is 0 Å². The first kappa shape index (κ1) is 12.6. The van der Waals surface area contributed by atoms with Gasteiger partial charge < -0.3 is 10.2 Å². The van der Waals surface area contributed by atoms with Gasteiger partial charge in [-0.3, -0.25) is 4.79 Å². The molecule has 3 heteroatoms. The summed E-state index contributed by atoms with van der Waals surface area (Å²) in [7, 11) is 0. The molecule has 0 spiro atoms. The first-order valence-corrected chi connectivity index (χ1v) is 5.97. The topological polar surface area (TPSA) is 57.5 Å². The van der Waals surface area contributed by atoms with Crippen LogP contribution in [0.15, 0.2) is 36.4 Å². The number of carboxylic acids is 1. The Kier molecular flexibility index (Phi) is 3.63. The fraction of sp³-hybridized carbons (Fsp3) is 0.267. The Morgan fingerprint density at radius 2 is 1.94 bits per heavy atom. The highest BCUT2D eigenvalue weighted by molar-refractivity contribution is 5.87. The van der Waals surface area contributed by atoms with E-state index in [0.717, 1.165) is 21.9 Å². The summed E-state index contributed by atoms with van der Waals surface area (Å²) < 4.78 is 0. The number of aliphatic hydroxyl groups is 1. The fourth-order valence-electron chi connectivity index (χ4n) is 2.25. The SMILES string of the molecule is Cc1ccc2ccccc2c1[C@H](O)CCC(=O)O. The van der Waals surface area contributed by atoms with E-state index >= 15 is 0 Å². The van der Waals surface area contributed by atoms with Crippen LogP contribution >= 0.6 is 0 Å². The van der Waals surface area contributed by atoms with Gasteiger partial charge in [-0.05, 0) is 35.2 Å². The molecule has 0 heterocycles. The lowest BCUT2D eigenvalue weighted by Crippen LogP contribution is -2.04. The summed E-state index contributed by atoms with van der Waals surface area (Å²) in [6, 6.07) is 11.8. The van der Waals surface area contributed by atoms with Crippen LogP contribution in [0.2, 0.25) is 0 Å². The van der Waals surface area contributed by atoms with E-state index in [1.165, 1.54) is 0 Å². The second-order valence-corrected chi connectivity index (χ2v) is 4.47. The summed E-state index contributed by atoms with van der Waals surface area (Å²) in [6.07, 6.45) is -0.513. The Bertz CT molecular complexity index is 575. The Morgan fingerprint density at radius 3 is 2.67 bits per heavy atom. The third-order valence-electron chi connectivity index (χ3n) is 3.15. The maximum atomic E-state index is 10.6. The number of carbonyl (C=O) groups is 1. The molecule has 18 heavy (non-hydrogen) atoms. The van der Waals surface area contributed by atoms with Crippen molar-refractivity contribution in [1.29, 1.82) is 0 Å². The number of fused-ring (bicyclic) bond motifs is 1. The molecule has 1 atom stereocenters. The third kappa shape index (κ3) is 2.51. The minimum atomic E-state index is -0.882. The predicted molar refractivity (Wildman–Crippen MR) is 70.5 cm³/mol. The second-order valence-electron chi connectivity index (χ2n) is 4.47. The van der Waals surface area contributed by atoms with E-state index in [1.807, 2.05) is 43.3 Å². The molecule has 0 radical (unpaired) electrons. The van der Waals surface area contributed by atoms with Crippen molar-refractivity contribution < 1.29 is 15.0 Å². The first-order valence-electron chi connectivity index (χ1n) is 5.97. The predicted octanol–water partition coefficient (Wildman–Crippen LogP) is 3.05. The van der Waals surface area contributed by atoms with Gasteiger partial charge in [0.2, 0.25) is 0 Å². The average molecular weight is 244 g/mol. The van der Waals surface area contributed by atoms with Crippen molar-refractivity contribution in [1.82, 2.24) is 0 Å². The Morgan fingerprint density at radius 1 is 1.22 bits per heavy atom. The van der Waals surface area contributed by atoms with Gasteiger partial charge in [0.1, 0.15) is 0 Å². The number of aliphatic hydroxyl groups excluding tert-OH is 1. The molecule has 2 aromatic rings. The van der Waals surface area contributed by atoms with E-state index in [4.69, 9.17) is 5.11 Å². The third-order valence-corrected chi connectivity index (χ3v) is 3.15. The van der Waals surface area contributed by atoms with Crippen LogP contribution < -0.4 is 0 Å². The number of aryl methyl sites for hydroxylation is 1. The van der Waals surface area contributed by atoms with Gasteiger partial charge in [0.05, 0.1) is 6.10 Å².